The summed E-state index contributed by atoms with van der Waals surface area (Å²) in [6, 6.07) is 13.2. The van der Waals surface area contributed by atoms with Crippen molar-refractivity contribution >= 4 is 15.9 Å². The first-order valence-electron chi connectivity index (χ1n) is 6.91. The van der Waals surface area contributed by atoms with Gasteiger partial charge >= 0.3 is 0 Å². The highest BCUT2D eigenvalue weighted by Crippen LogP contribution is 2.19. The standard InChI is InChI=1S/C17H19BrFNO/c1-12(20-2)9-13-3-6-16(7-4-13)21-11-14-10-15(18)5-8-17(14)19/h3-8,10,12,20H,9,11H2,1-2H3. The van der Waals surface area contributed by atoms with Crippen LogP contribution in [0, 0.1) is 5.82 Å². The van der Waals surface area contributed by atoms with Crippen LogP contribution in [0.1, 0.15) is 18.1 Å². The molecule has 0 amide bonds. The zero-order chi connectivity index (χ0) is 15.2. The Kier molecular flexibility index (Phi) is 5.76. The molecule has 0 saturated carbocycles. The van der Waals surface area contributed by atoms with Crippen LogP contribution in [0.25, 0.3) is 0 Å². The molecule has 0 saturated heterocycles. The number of likely N-dealkylation sites (N-methyl/N-ethyl adjacent to an activating group) is 1. The van der Waals surface area contributed by atoms with Crippen LogP contribution in [-0.4, -0.2) is 13.1 Å². The largest absolute Gasteiger partial charge is 0.489 e. The molecule has 1 unspecified atom stereocenters. The van der Waals surface area contributed by atoms with Gasteiger partial charge in [-0.3, -0.25) is 0 Å². The number of benzene rings is 2. The topological polar surface area (TPSA) is 21.3 Å². The lowest BCUT2D eigenvalue weighted by Gasteiger charge is -2.11. The summed E-state index contributed by atoms with van der Waals surface area (Å²) < 4.78 is 20.1. The van der Waals surface area contributed by atoms with E-state index in [4.69, 9.17) is 4.74 Å². The molecule has 0 fully saturated rings. The minimum Gasteiger partial charge on any atom is -0.489 e. The van der Waals surface area contributed by atoms with Crippen molar-refractivity contribution in [2.24, 2.45) is 0 Å². The van der Waals surface area contributed by atoms with E-state index in [0.717, 1.165) is 16.6 Å². The molecule has 0 aliphatic carbocycles. The lowest BCUT2D eigenvalue weighted by atomic mass is 10.1. The third kappa shape index (κ3) is 4.83. The van der Waals surface area contributed by atoms with Gasteiger partial charge in [0.2, 0.25) is 0 Å². The zero-order valence-electron chi connectivity index (χ0n) is 12.2. The Morgan fingerprint density at radius 2 is 1.90 bits per heavy atom. The number of hydrogen-bond acceptors (Lipinski definition) is 2. The van der Waals surface area contributed by atoms with Gasteiger partial charge in [-0.2, -0.15) is 0 Å². The Hall–Kier alpha value is -1.39. The van der Waals surface area contributed by atoms with E-state index in [1.807, 2.05) is 31.3 Å². The van der Waals surface area contributed by atoms with Gasteiger partial charge in [0.15, 0.2) is 0 Å². The summed E-state index contributed by atoms with van der Waals surface area (Å²) in [4.78, 5) is 0. The highest BCUT2D eigenvalue weighted by molar-refractivity contribution is 9.10. The van der Waals surface area contributed by atoms with E-state index in [1.165, 1.54) is 11.6 Å². The Balaban J connectivity index is 1.96. The highest BCUT2D eigenvalue weighted by Gasteiger charge is 2.05. The fourth-order valence-corrected chi connectivity index (χ4v) is 2.40. The number of nitrogens with one attached hydrogen (secondary N) is 1. The minimum atomic E-state index is -0.252. The van der Waals surface area contributed by atoms with Gasteiger partial charge < -0.3 is 10.1 Å². The molecule has 112 valence electrons. The molecule has 1 N–H and O–H groups in total. The molecule has 2 aromatic carbocycles. The minimum absolute atomic E-state index is 0.220. The van der Waals surface area contributed by atoms with Gasteiger partial charge in [-0.1, -0.05) is 28.1 Å². The van der Waals surface area contributed by atoms with Gasteiger partial charge in [0.25, 0.3) is 0 Å². The zero-order valence-corrected chi connectivity index (χ0v) is 13.8. The summed E-state index contributed by atoms with van der Waals surface area (Å²) in [5, 5.41) is 3.21. The fourth-order valence-electron chi connectivity index (χ4n) is 1.99. The number of rotatable bonds is 6. The molecule has 0 bridgehead atoms. The van der Waals surface area contributed by atoms with Crippen molar-refractivity contribution < 1.29 is 9.13 Å². The van der Waals surface area contributed by atoms with E-state index in [9.17, 15) is 4.39 Å². The van der Waals surface area contributed by atoms with Crippen LogP contribution in [0.3, 0.4) is 0 Å². The van der Waals surface area contributed by atoms with Crippen molar-refractivity contribution in [1.82, 2.24) is 5.32 Å². The molecular weight excluding hydrogens is 333 g/mol. The van der Waals surface area contributed by atoms with Gasteiger partial charge in [0.05, 0.1) is 0 Å². The molecule has 2 rings (SSSR count). The van der Waals surface area contributed by atoms with Gasteiger partial charge in [-0.05, 0) is 56.3 Å². The van der Waals surface area contributed by atoms with Crippen LogP contribution in [0.15, 0.2) is 46.9 Å². The number of halogens is 2. The Morgan fingerprint density at radius 1 is 1.19 bits per heavy atom. The predicted molar refractivity (Wildman–Crippen MR) is 87.1 cm³/mol. The molecule has 0 radical (unpaired) electrons. The van der Waals surface area contributed by atoms with E-state index in [2.05, 4.69) is 28.2 Å². The number of ether oxygens (including phenoxy) is 1. The maximum Gasteiger partial charge on any atom is 0.129 e. The summed E-state index contributed by atoms with van der Waals surface area (Å²) in [5.41, 5.74) is 1.79. The van der Waals surface area contributed by atoms with E-state index in [1.54, 1.807) is 12.1 Å². The smallest absolute Gasteiger partial charge is 0.129 e. The Labute approximate surface area is 133 Å². The molecule has 0 aromatic heterocycles. The van der Waals surface area contributed by atoms with Crippen LogP contribution in [0.4, 0.5) is 4.39 Å². The van der Waals surface area contributed by atoms with Gasteiger partial charge in [-0.25, -0.2) is 4.39 Å². The summed E-state index contributed by atoms with van der Waals surface area (Å²) in [5.74, 6) is 0.493. The summed E-state index contributed by atoms with van der Waals surface area (Å²) in [6.07, 6.45) is 0.969. The van der Waals surface area contributed by atoms with E-state index >= 15 is 0 Å². The van der Waals surface area contributed by atoms with E-state index < -0.39 is 0 Å². The first-order chi connectivity index (χ1) is 10.1. The third-order valence-electron chi connectivity index (χ3n) is 3.36. The maximum atomic E-state index is 13.6. The Morgan fingerprint density at radius 3 is 2.57 bits per heavy atom. The second kappa shape index (κ2) is 7.57. The van der Waals surface area contributed by atoms with Crippen molar-refractivity contribution in [2.75, 3.05) is 7.05 Å². The van der Waals surface area contributed by atoms with Crippen molar-refractivity contribution in [3.8, 4) is 5.75 Å². The monoisotopic (exact) mass is 351 g/mol. The van der Waals surface area contributed by atoms with Crippen LogP contribution < -0.4 is 10.1 Å². The fraction of sp³-hybridized carbons (Fsp3) is 0.294. The first-order valence-corrected chi connectivity index (χ1v) is 7.70. The van der Waals surface area contributed by atoms with E-state index in [-0.39, 0.29) is 12.4 Å². The Bertz CT molecular complexity index is 586. The van der Waals surface area contributed by atoms with Gasteiger partial charge in [-0.15, -0.1) is 0 Å². The van der Waals surface area contributed by atoms with Crippen molar-refractivity contribution in [2.45, 2.75) is 26.0 Å². The molecule has 21 heavy (non-hydrogen) atoms. The third-order valence-corrected chi connectivity index (χ3v) is 3.85. The van der Waals surface area contributed by atoms with Crippen LogP contribution in [0.2, 0.25) is 0 Å². The second-order valence-electron chi connectivity index (χ2n) is 5.06. The van der Waals surface area contributed by atoms with Gasteiger partial charge in [0, 0.05) is 16.1 Å². The van der Waals surface area contributed by atoms with Crippen molar-refractivity contribution in [1.29, 1.82) is 0 Å². The molecule has 2 nitrogen and oxygen atoms in total. The first kappa shape index (κ1) is 16.0. The quantitative estimate of drug-likeness (QED) is 0.836. The van der Waals surface area contributed by atoms with E-state index in [0.29, 0.717) is 11.6 Å². The average Bonchev–Trinajstić information content (AvgIpc) is 2.49. The second-order valence-corrected chi connectivity index (χ2v) is 5.98. The molecule has 0 heterocycles. The lowest BCUT2D eigenvalue weighted by molar-refractivity contribution is 0.299. The van der Waals surface area contributed by atoms with Crippen LogP contribution >= 0.6 is 15.9 Å². The summed E-state index contributed by atoms with van der Waals surface area (Å²) in [7, 11) is 1.95. The van der Waals surface area contributed by atoms with Crippen molar-refractivity contribution in [3.05, 3.63) is 63.9 Å². The molecular formula is C17H19BrFNO. The molecule has 0 spiro atoms. The predicted octanol–water partition coefficient (Wildman–Crippen LogP) is 4.32. The molecule has 0 aliphatic rings. The van der Waals surface area contributed by atoms with Crippen molar-refractivity contribution in [3.63, 3.8) is 0 Å². The highest BCUT2D eigenvalue weighted by atomic mass is 79.9. The normalized spacial score (nSPS) is 12.2. The maximum absolute atomic E-state index is 13.6. The molecule has 2 aromatic rings. The van der Waals surface area contributed by atoms with Crippen LogP contribution in [0.5, 0.6) is 5.75 Å². The van der Waals surface area contributed by atoms with Crippen LogP contribution in [-0.2, 0) is 13.0 Å². The lowest BCUT2D eigenvalue weighted by Crippen LogP contribution is -2.23. The number of hydrogen-bond donors (Lipinski definition) is 1. The molecule has 0 aliphatic heterocycles. The summed E-state index contributed by atoms with van der Waals surface area (Å²) >= 11 is 3.33. The summed E-state index contributed by atoms with van der Waals surface area (Å²) in [6.45, 7) is 2.36. The van der Waals surface area contributed by atoms with Gasteiger partial charge in [0.1, 0.15) is 18.2 Å². The molecule has 1 atom stereocenters. The SMILES string of the molecule is CNC(C)Cc1ccc(OCc2cc(Br)ccc2F)cc1. The average molecular weight is 352 g/mol. The molecule has 4 heteroatoms.